The molecule has 0 aromatic heterocycles. The predicted molar refractivity (Wildman–Crippen MR) is 25.0 cm³/mol. The van der Waals surface area contributed by atoms with Gasteiger partial charge in [-0.25, -0.2) is 0 Å². The maximum atomic E-state index is 10.1. The average molecular weight is 309 g/mol. The second kappa shape index (κ2) is 5.32. The van der Waals surface area contributed by atoms with E-state index in [-0.39, 0.29) is 17.1 Å². The molecule has 0 aliphatic carbocycles. The van der Waals surface area contributed by atoms with E-state index < -0.39 is 23.5 Å². The second-order valence-corrected chi connectivity index (χ2v) is 5.49. The van der Waals surface area contributed by atoms with Crippen molar-refractivity contribution in [1.82, 2.24) is 0 Å². The van der Waals surface area contributed by atoms with E-state index in [0.29, 0.717) is 0 Å². The summed E-state index contributed by atoms with van der Waals surface area (Å²) >= 11 is 0. The molecule has 83 valence electrons. The minimum Gasteiger partial charge on any atom is -0.790 e. The van der Waals surface area contributed by atoms with Crippen molar-refractivity contribution in [3.8, 4) is 0 Å². The molecule has 0 saturated heterocycles. The van der Waals surface area contributed by atoms with Crippen LogP contribution in [0.25, 0.3) is 0 Å². The van der Waals surface area contributed by atoms with E-state index in [4.69, 9.17) is 0 Å². The van der Waals surface area contributed by atoms with Gasteiger partial charge in [-0.1, -0.05) is 0 Å². The first-order chi connectivity index (χ1) is 5.41. The molecule has 14 heteroatoms. The molecule has 1 radical (unpaired) electrons. The fraction of sp³-hybridized carbons (Fsp3) is 0. The molecule has 10 nitrogen and oxygen atoms in total. The average Bonchev–Trinajstić information content (AvgIpc) is 1.43. The monoisotopic (exact) mass is 309 g/mol. The fourth-order valence-corrected chi connectivity index (χ4v) is 2.61. The first-order valence-corrected chi connectivity index (χ1v) is 6.57. The zero-order valence-electron chi connectivity index (χ0n) is 5.78. The van der Waals surface area contributed by atoms with E-state index in [9.17, 15) is 38.2 Å². The number of hydrogen-bond donors (Lipinski definition) is 0. The van der Waals surface area contributed by atoms with Crippen molar-refractivity contribution < 1.29 is 63.9 Å². The smallest absolute Gasteiger partial charge is 0.790 e. The summed E-state index contributed by atoms with van der Waals surface area (Å²) in [5.74, 6) is 0. The Morgan fingerprint density at radius 1 is 0.714 bits per heavy atom. The van der Waals surface area contributed by atoms with Crippen molar-refractivity contribution in [2.45, 2.75) is 0 Å². The summed E-state index contributed by atoms with van der Waals surface area (Å²) in [6.45, 7) is 0. The molecule has 0 fully saturated rings. The first kappa shape index (κ1) is 17.3. The molecular weight excluding hydrogens is 309 g/mol. The first-order valence-electron chi connectivity index (χ1n) is 2.19. The maximum absolute atomic E-state index is 10.1. The molecule has 0 rings (SSSR count). The van der Waals surface area contributed by atoms with Crippen molar-refractivity contribution in [1.29, 1.82) is 0 Å². The van der Waals surface area contributed by atoms with Gasteiger partial charge < -0.3 is 33.6 Å². The Balaban J connectivity index is 0. The van der Waals surface area contributed by atoms with Gasteiger partial charge in [-0.05, 0) is 0 Å². The van der Waals surface area contributed by atoms with E-state index in [0.717, 1.165) is 0 Å². The Morgan fingerprint density at radius 2 is 0.929 bits per heavy atom. The van der Waals surface area contributed by atoms with Crippen molar-refractivity contribution in [3.05, 3.63) is 0 Å². The molecule has 0 atom stereocenters. The van der Waals surface area contributed by atoms with Crippen LogP contribution in [0.15, 0.2) is 0 Å². The molecule has 0 aromatic carbocycles. The third kappa shape index (κ3) is 11.0. The van der Waals surface area contributed by atoms with Gasteiger partial charge in [0.05, 0.1) is 15.6 Å². The zero-order valence-corrected chi connectivity index (χ0v) is 9.57. The van der Waals surface area contributed by atoms with Crippen molar-refractivity contribution >= 4 is 23.5 Å². The van der Waals surface area contributed by atoms with Crippen LogP contribution < -0.4 is 24.5 Å². The standard InChI is InChI=1S/Fe.H5O10P3/c;1-11(2,3)9-13(7,8)10-12(4,5)6/h;(H,7,8)(H2,1,2,3)(H2,4,5,6)/q+5;/p-5. The number of hydrogen-bond acceptors (Lipinski definition) is 10. The van der Waals surface area contributed by atoms with Gasteiger partial charge in [0, 0.05) is 0 Å². The Bertz CT molecular complexity index is 277. The van der Waals surface area contributed by atoms with Gasteiger partial charge in [0.25, 0.3) is 7.82 Å². The van der Waals surface area contributed by atoms with Gasteiger partial charge in [-0.2, -0.15) is 0 Å². The summed E-state index contributed by atoms with van der Waals surface area (Å²) in [6, 6.07) is 0. The van der Waals surface area contributed by atoms with E-state index in [2.05, 4.69) is 8.62 Å². The second-order valence-electron chi connectivity index (χ2n) is 1.50. The van der Waals surface area contributed by atoms with Crippen LogP contribution >= 0.6 is 23.5 Å². The number of rotatable bonds is 4. The molecule has 0 unspecified atom stereocenters. The van der Waals surface area contributed by atoms with Gasteiger partial charge in [0.15, 0.2) is 0 Å². The molecule has 0 heterocycles. The Kier molecular flexibility index (Phi) is 6.58. The van der Waals surface area contributed by atoms with Crippen molar-refractivity contribution in [2.75, 3.05) is 0 Å². The molecule has 0 aliphatic heterocycles. The minimum absolute atomic E-state index is 0. The van der Waals surface area contributed by atoms with Gasteiger partial charge >= 0.3 is 17.1 Å². The predicted octanol–water partition coefficient (Wildman–Crippen LogP) is -3.86. The summed E-state index contributed by atoms with van der Waals surface area (Å²) in [6.07, 6.45) is 0. The van der Waals surface area contributed by atoms with Crippen LogP contribution in [0.1, 0.15) is 0 Å². The molecule has 0 bridgehead atoms. The summed E-state index contributed by atoms with van der Waals surface area (Å²) in [4.78, 5) is 48.6. The quantitative estimate of drug-likeness (QED) is 0.367. The fourth-order valence-electron chi connectivity index (χ4n) is 0.260. The molecule has 14 heavy (non-hydrogen) atoms. The van der Waals surface area contributed by atoms with Crippen LogP contribution in [-0.4, -0.2) is 0 Å². The Morgan fingerprint density at radius 3 is 1.07 bits per heavy atom. The van der Waals surface area contributed by atoms with E-state index >= 15 is 0 Å². The van der Waals surface area contributed by atoms with Crippen LogP contribution in [0.3, 0.4) is 0 Å². The van der Waals surface area contributed by atoms with E-state index in [1.165, 1.54) is 0 Å². The third-order valence-corrected chi connectivity index (χ3v) is 3.60. The summed E-state index contributed by atoms with van der Waals surface area (Å²) < 4.78 is 34.7. The molecule has 0 aromatic rings. The van der Waals surface area contributed by atoms with Gasteiger partial charge in [-0.3, -0.25) is 13.2 Å². The van der Waals surface area contributed by atoms with Crippen LogP contribution in [0.4, 0.5) is 0 Å². The van der Waals surface area contributed by atoms with Crippen molar-refractivity contribution in [3.63, 3.8) is 0 Å². The van der Waals surface area contributed by atoms with Crippen LogP contribution in [0.5, 0.6) is 0 Å². The van der Waals surface area contributed by atoms with Gasteiger partial charge in [0.1, 0.15) is 0 Å². The van der Waals surface area contributed by atoms with E-state index in [1.54, 1.807) is 0 Å². The summed E-state index contributed by atoms with van der Waals surface area (Å²) in [5.41, 5.74) is 0. The molecule has 0 N–H and O–H groups in total. The molecule has 0 saturated carbocycles. The molecule has 0 amide bonds. The van der Waals surface area contributed by atoms with Crippen LogP contribution in [-0.2, 0) is 39.4 Å². The summed E-state index contributed by atoms with van der Waals surface area (Å²) in [5, 5.41) is 0. The van der Waals surface area contributed by atoms with Crippen molar-refractivity contribution in [2.24, 2.45) is 0 Å². The van der Waals surface area contributed by atoms with Crippen LogP contribution in [0, 0.1) is 0 Å². The topological polar surface area (TPSA) is 185 Å². The summed E-state index contributed by atoms with van der Waals surface area (Å²) in [7, 11) is -17.9. The zero-order chi connectivity index (χ0) is 10.9. The van der Waals surface area contributed by atoms with Crippen LogP contribution in [0.2, 0.25) is 0 Å². The molecule has 0 aliphatic rings. The third-order valence-electron chi connectivity index (χ3n) is 0.400. The largest absolute Gasteiger partial charge is 5.00 e. The molecular formula is FeO10P3. The van der Waals surface area contributed by atoms with E-state index in [1.807, 2.05) is 0 Å². The molecule has 0 spiro atoms. The van der Waals surface area contributed by atoms with Gasteiger partial charge in [-0.15, -0.1) is 0 Å². The number of phosphoric acid groups is 3. The maximum Gasteiger partial charge on any atom is 5.00 e. The minimum atomic E-state index is -5.97. The SMILES string of the molecule is O=P([O-])([O-])OP(=O)([O-])OP(=O)([O-])[O-].[Fe+5]. The van der Waals surface area contributed by atoms with Gasteiger partial charge in [0.2, 0.25) is 0 Å². The Labute approximate surface area is 87.8 Å². The normalized spacial score (nSPS) is 13.5. The Hall–Kier alpha value is 0.929.